The lowest BCUT2D eigenvalue weighted by atomic mass is 9.83. The van der Waals surface area contributed by atoms with Gasteiger partial charge in [0.2, 0.25) is 0 Å². The summed E-state index contributed by atoms with van der Waals surface area (Å²) < 4.78 is 0. The van der Waals surface area contributed by atoms with Crippen molar-refractivity contribution in [2.45, 2.75) is 58.0 Å². The number of benzene rings is 1. The molecule has 1 aromatic rings. The zero-order valence-electron chi connectivity index (χ0n) is 13.4. The van der Waals surface area contributed by atoms with E-state index < -0.39 is 0 Å². The molecule has 21 heavy (non-hydrogen) atoms. The second kappa shape index (κ2) is 6.61. The van der Waals surface area contributed by atoms with Crippen LogP contribution in [0.25, 0.3) is 0 Å². The Bertz CT molecular complexity index is 490. The number of aliphatic hydroxyl groups is 1. The molecule has 2 atom stereocenters. The van der Waals surface area contributed by atoms with Gasteiger partial charge in [-0.2, -0.15) is 0 Å². The third-order valence-corrected chi connectivity index (χ3v) is 4.37. The number of aliphatic hydroxyl groups excluding tert-OH is 1. The Hall–Kier alpha value is -1.35. The molecule has 1 aliphatic rings. The summed E-state index contributed by atoms with van der Waals surface area (Å²) in [7, 11) is 0. The second-order valence-electron chi connectivity index (χ2n) is 7.12. The van der Waals surface area contributed by atoms with Crippen molar-refractivity contribution in [3.05, 3.63) is 35.4 Å². The van der Waals surface area contributed by atoms with E-state index in [1.807, 2.05) is 24.3 Å². The van der Waals surface area contributed by atoms with Crippen LogP contribution in [0.1, 0.15) is 62.4 Å². The van der Waals surface area contributed by atoms with Crippen molar-refractivity contribution < 1.29 is 9.90 Å². The van der Waals surface area contributed by atoms with Gasteiger partial charge in [-0.25, -0.2) is 0 Å². The maximum atomic E-state index is 12.5. The topological polar surface area (TPSA) is 49.3 Å². The van der Waals surface area contributed by atoms with Gasteiger partial charge in [0.25, 0.3) is 5.91 Å². The summed E-state index contributed by atoms with van der Waals surface area (Å²) in [4.78, 5) is 12.5. The van der Waals surface area contributed by atoms with Crippen molar-refractivity contribution in [3.8, 4) is 0 Å². The molecule has 0 aromatic heterocycles. The van der Waals surface area contributed by atoms with Gasteiger partial charge in [0.15, 0.2) is 0 Å². The van der Waals surface area contributed by atoms with Crippen molar-refractivity contribution in [2.75, 3.05) is 6.54 Å². The molecule has 0 saturated heterocycles. The Morgan fingerprint density at radius 1 is 1.24 bits per heavy atom. The van der Waals surface area contributed by atoms with E-state index in [0.717, 1.165) is 36.8 Å². The molecule has 1 aliphatic carbocycles. The molecule has 3 heteroatoms. The molecule has 116 valence electrons. The molecule has 2 rings (SSSR count). The van der Waals surface area contributed by atoms with Crippen molar-refractivity contribution in [2.24, 2.45) is 5.92 Å². The van der Waals surface area contributed by atoms with E-state index in [9.17, 15) is 9.90 Å². The highest BCUT2D eigenvalue weighted by Gasteiger charge is 2.25. The quantitative estimate of drug-likeness (QED) is 0.897. The van der Waals surface area contributed by atoms with Crippen molar-refractivity contribution in [1.29, 1.82) is 0 Å². The summed E-state index contributed by atoms with van der Waals surface area (Å²) in [6.07, 6.45) is 3.84. The molecule has 2 unspecified atom stereocenters. The van der Waals surface area contributed by atoms with E-state index in [1.54, 1.807) is 0 Å². The number of nitrogens with one attached hydrogen (secondary N) is 1. The molecule has 1 amide bonds. The normalized spacial score (nSPS) is 22.9. The summed E-state index contributed by atoms with van der Waals surface area (Å²) in [6, 6.07) is 7.78. The van der Waals surface area contributed by atoms with Crippen LogP contribution in [0.2, 0.25) is 0 Å². The van der Waals surface area contributed by atoms with E-state index >= 15 is 0 Å². The van der Waals surface area contributed by atoms with Gasteiger partial charge in [0, 0.05) is 18.0 Å². The average Bonchev–Trinajstić information content (AvgIpc) is 2.45. The number of amides is 1. The zero-order valence-corrected chi connectivity index (χ0v) is 13.4. The van der Waals surface area contributed by atoms with Crippen LogP contribution in [0.3, 0.4) is 0 Å². The summed E-state index contributed by atoms with van der Waals surface area (Å²) in [5, 5.41) is 13.0. The maximum absolute atomic E-state index is 12.5. The Morgan fingerprint density at radius 3 is 2.57 bits per heavy atom. The van der Waals surface area contributed by atoms with Crippen molar-refractivity contribution in [3.63, 3.8) is 0 Å². The Kier molecular flexibility index (Phi) is 5.04. The zero-order chi connectivity index (χ0) is 15.5. The van der Waals surface area contributed by atoms with Crippen LogP contribution in [0.15, 0.2) is 24.3 Å². The third kappa shape index (κ3) is 4.07. The molecule has 0 spiro atoms. The van der Waals surface area contributed by atoms with Gasteiger partial charge in [-0.1, -0.05) is 51.8 Å². The minimum Gasteiger partial charge on any atom is -0.393 e. The summed E-state index contributed by atoms with van der Waals surface area (Å²) >= 11 is 0. The van der Waals surface area contributed by atoms with Crippen molar-refractivity contribution in [1.82, 2.24) is 5.32 Å². The van der Waals surface area contributed by atoms with E-state index in [0.29, 0.717) is 6.54 Å². The van der Waals surface area contributed by atoms with Crippen LogP contribution >= 0.6 is 0 Å². The molecule has 3 nitrogen and oxygen atoms in total. The first kappa shape index (κ1) is 16.0. The molecule has 1 fully saturated rings. The van der Waals surface area contributed by atoms with Gasteiger partial charge in [-0.05, 0) is 29.9 Å². The number of rotatable bonds is 3. The largest absolute Gasteiger partial charge is 0.393 e. The molecular formula is C18H27NO2. The Morgan fingerprint density at radius 2 is 1.90 bits per heavy atom. The van der Waals surface area contributed by atoms with E-state index in [4.69, 9.17) is 0 Å². The molecule has 0 aliphatic heterocycles. The molecule has 2 N–H and O–H groups in total. The van der Waals surface area contributed by atoms with Gasteiger partial charge >= 0.3 is 0 Å². The first-order chi connectivity index (χ1) is 9.89. The Labute approximate surface area is 127 Å². The third-order valence-electron chi connectivity index (χ3n) is 4.37. The van der Waals surface area contributed by atoms with Crippen LogP contribution in [0, 0.1) is 5.92 Å². The fraction of sp³-hybridized carbons (Fsp3) is 0.611. The van der Waals surface area contributed by atoms with Gasteiger partial charge in [-0.3, -0.25) is 4.79 Å². The molecule has 1 aromatic carbocycles. The second-order valence-corrected chi connectivity index (χ2v) is 7.12. The van der Waals surface area contributed by atoms with E-state index in [2.05, 4.69) is 26.1 Å². The maximum Gasteiger partial charge on any atom is 0.251 e. The van der Waals surface area contributed by atoms with E-state index in [1.165, 1.54) is 0 Å². The first-order valence-electron chi connectivity index (χ1n) is 7.95. The number of carbonyl (C=O) groups excluding carboxylic acids is 1. The molecular weight excluding hydrogens is 262 g/mol. The van der Waals surface area contributed by atoms with Gasteiger partial charge in [-0.15, -0.1) is 0 Å². The number of carbonyl (C=O) groups is 1. The van der Waals surface area contributed by atoms with Gasteiger partial charge in [0.1, 0.15) is 0 Å². The lowest BCUT2D eigenvalue weighted by Crippen LogP contribution is -2.37. The summed E-state index contributed by atoms with van der Waals surface area (Å²) in [6.45, 7) is 6.91. The number of hydrogen-bond donors (Lipinski definition) is 2. The van der Waals surface area contributed by atoms with Gasteiger partial charge < -0.3 is 10.4 Å². The lowest BCUT2D eigenvalue weighted by molar-refractivity contribution is 0.0662. The van der Waals surface area contributed by atoms with E-state index in [-0.39, 0.29) is 23.3 Å². The predicted molar refractivity (Wildman–Crippen MR) is 85.4 cm³/mol. The van der Waals surface area contributed by atoms with Crippen LogP contribution < -0.4 is 5.32 Å². The minimum absolute atomic E-state index is 0.0294. The fourth-order valence-electron chi connectivity index (χ4n) is 3.08. The molecule has 0 bridgehead atoms. The average molecular weight is 289 g/mol. The van der Waals surface area contributed by atoms with Gasteiger partial charge in [0.05, 0.1) is 6.10 Å². The summed E-state index contributed by atoms with van der Waals surface area (Å²) in [5.41, 5.74) is 1.75. The minimum atomic E-state index is -0.267. The SMILES string of the molecule is CC(C)(C)c1ccccc1C(=O)NCC1CCCCC1O. The standard InChI is InChI=1S/C18H27NO2/c1-18(2,3)15-10-6-5-9-14(15)17(21)19-12-13-8-4-7-11-16(13)20/h5-6,9-10,13,16,20H,4,7-8,11-12H2,1-3H3,(H,19,21). The highest BCUT2D eigenvalue weighted by molar-refractivity contribution is 5.96. The van der Waals surface area contributed by atoms with Crippen LogP contribution in [0.4, 0.5) is 0 Å². The van der Waals surface area contributed by atoms with Crippen LogP contribution in [0.5, 0.6) is 0 Å². The molecule has 1 saturated carbocycles. The molecule has 0 radical (unpaired) electrons. The van der Waals surface area contributed by atoms with Crippen LogP contribution in [-0.2, 0) is 5.41 Å². The summed E-state index contributed by atoms with van der Waals surface area (Å²) in [5.74, 6) is 0.169. The smallest absolute Gasteiger partial charge is 0.251 e. The lowest BCUT2D eigenvalue weighted by Gasteiger charge is -2.28. The molecule has 0 heterocycles. The monoisotopic (exact) mass is 289 g/mol. The fourth-order valence-corrected chi connectivity index (χ4v) is 3.08. The highest BCUT2D eigenvalue weighted by atomic mass is 16.3. The van der Waals surface area contributed by atoms with Crippen molar-refractivity contribution >= 4 is 5.91 Å². The first-order valence-corrected chi connectivity index (χ1v) is 7.95. The predicted octanol–water partition coefficient (Wildman–Crippen LogP) is 3.27. The van der Waals surface area contributed by atoms with Crippen LogP contribution in [-0.4, -0.2) is 23.7 Å². The Balaban J connectivity index is 2.04. The highest BCUT2D eigenvalue weighted by Crippen LogP contribution is 2.26. The number of hydrogen-bond acceptors (Lipinski definition) is 2.